The molecule has 2 aromatic rings. The van der Waals surface area contributed by atoms with Crippen LogP contribution in [0, 0.1) is 5.41 Å². The second-order valence-corrected chi connectivity index (χ2v) is 8.23. The van der Waals surface area contributed by atoms with Crippen molar-refractivity contribution in [3.8, 4) is 11.1 Å². The Labute approximate surface area is 149 Å². The molecule has 0 atom stereocenters. The van der Waals surface area contributed by atoms with Gasteiger partial charge in [-0.2, -0.15) is 0 Å². The summed E-state index contributed by atoms with van der Waals surface area (Å²) < 4.78 is 6.61. The van der Waals surface area contributed by atoms with Crippen molar-refractivity contribution in [1.29, 1.82) is 0 Å². The molecule has 0 radical (unpaired) electrons. The van der Waals surface area contributed by atoms with Crippen LogP contribution in [0.5, 0.6) is 0 Å². The summed E-state index contributed by atoms with van der Waals surface area (Å²) in [6.45, 7) is 4.61. The van der Waals surface area contributed by atoms with E-state index in [9.17, 15) is 0 Å². The Morgan fingerprint density at radius 3 is 1.96 bits per heavy atom. The van der Waals surface area contributed by atoms with Gasteiger partial charge in [0.1, 0.15) is 0 Å². The molecule has 1 aliphatic heterocycles. The van der Waals surface area contributed by atoms with Gasteiger partial charge in [-0.25, -0.2) is 0 Å². The fourth-order valence-corrected chi connectivity index (χ4v) is 5.05. The zero-order chi connectivity index (χ0) is 17.1. The fourth-order valence-electron chi connectivity index (χ4n) is 5.05. The van der Waals surface area contributed by atoms with Crippen LogP contribution in [-0.2, 0) is 10.3 Å². The van der Waals surface area contributed by atoms with Crippen LogP contribution in [0.15, 0.2) is 53.5 Å². The highest BCUT2D eigenvalue weighted by Crippen LogP contribution is 2.64. The Kier molecular flexibility index (Phi) is 3.16. The maximum Gasteiger partial charge on any atom is 0.195 e. The van der Waals surface area contributed by atoms with E-state index in [1.165, 1.54) is 54.4 Å². The summed E-state index contributed by atoms with van der Waals surface area (Å²) in [5.41, 5.74) is 4.71. The van der Waals surface area contributed by atoms with Gasteiger partial charge < -0.3 is 4.74 Å². The highest BCUT2D eigenvalue weighted by atomic mass is 16.5. The molecule has 1 saturated carbocycles. The summed E-state index contributed by atoms with van der Waals surface area (Å²) in [5.74, 6) is 0.950. The Bertz CT molecular complexity index is 812. The smallest absolute Gasteiger partial charge is 0.195 e. The minimum Gasteiger partial charge on any atom is -0.463 e. The predicted molar refractivity (Wildman–Crippen MR) is 102 cm³/mol. The van der Waals surface area contributed by atoms with Crippen molar-refractivity contribution < 1.29 is 4.74 Å². The third-order valence-electron chi connectivity index (χ3n) is 6.44. The molecule has 2 aliphatic carbocycles. The maximum absolute atomic E-state index is 6.61. The molecular weight excluding hydrogens is 306 g/mol. The van der Waals surface area contributed by atoms with Crippen molar-refractivity contribution in [2.45, 2.75) is 57.6 Å². The lowest BCUT2D eigenvalue weighted by Crippen LogP contribution is -2.61. The fraction of sp³-hybridized carbons (Fsp3) is 0.435. The molecule has 1 heterocycles. The van der Waals surface area contributed by atoms with Crippen LogP contribution < -0.4 is 0 Å². The molecule has 5 rings (SSSR count). The van der Waals surface area contributed by atoms with Crippen molar-refractivity contribution >= 4 is 5.90 Å². The van der Waals surface area contributed by atoms with Crippen molar-refractivity contribution in [3.63, 3.8) is 0 Å². The molecule has 0 N–H and O–H groups in total. The topological polar surface area (TPSA) is 21.6 Å². The number of hydrogen-bond donors (Lipinski definition) is 0. The molecule has 2 aromatic carbocycles. The minimum absolute atomic E-state index is 0.118. The van der Waals surface area contributed by atoms with Gasteiger partial charge in [0.25, 0.3) is 0 Å². The first-order valence-corrected chi connectivity index (χ1v) is 9.61. The molecule has 0 aromatic heterocycles. The summed E-state index contributed by atoms with van der Waals surface area (Å²) in [4.78, 5) is 5.05. The molecule has 0 amide bonds. The Hall–Kier alpha value is -2.09. The monoisotopic (exact) mass is 331 g/mol. The lowest BCUT2D eigenvalue weighted by atomic mass is 9.64. The van der Waals surface area contributed by atoms with Gasteiger partial charge in [0, 0.05) is 11.1 Å². The number of benzene rings is 2. The van der Waals surface area contributed by atoms with Gasteiger partial charge in [0.05, 0.1) is 11.5 Å². The van der Waals surface area contributed by atoms with Gasteiger partial charge in [-0.15, -0.1) is 0 Å². The second-order valence-electron chi connectivity index (χ2n) is 8.23. The van der Waals surface area contributed by atoms with Gasteiger partial charge in [0.15, 0.2) is 11.5 Å². The third-order valence-corrected chi connectivity index (χ3v) is 6.44. The number of rotatable bonds is 1. The van der Waals surface area contributed by atoms with Crippen molar-refractivity contribution in [1.82, 2.24) is 0 Å². The first-order valence-electron chi connectivity index (χ1n) is 9.61. The van der Waals surface area contributed by atoms with E-state index in [1.807, 2.05) is 0 Å². The number of hydrogen-bond acceptors (Lipinski definition) is 2. The molecule has 128 valence electrons. The molecular formula is C23H25NO. The number of nitrogens with zero attached hydrogens (tertiary/aromatic N) is 1. The maximum atomic E-state index is 6.61. The van der Waals surface area contributed by atoms with Gasteiger partial charge in [-0.3, -0.25) is 4.99 Å². The quantitative estimate of drug-likeness (QED) is 0.657. The average Bonchev–Trinajstić information content (AvgIpc) is 2.96. The van der Waals surface area contributed by atoms with E-state index >= 15 is 0 Å². The van der Waals surface area contributed by atoms with Crippen LogP contribution in [0.25, 0.3) is 11.1 Å². The Morgan fingerprint density at radius 1 is 0.840 bits per heavy atom. The zero-order valence-electron chi connectivity index (χ0n) is 15.1. The summed E-state index contributed by atoms with van der Waals surface area (Å²) in [6.07, 6.45) is 6.39. The van der Waals surface area contributed by atoms with Crippen molar-refractivity contribution in [3.05, 3.63) is 59.7 Å². The van der Waals surface area contributed by atoms with Crippen LogP contribution in [-0.4, -0.2) is 11.9 Å². The molecule has 3 aliphatic rings. The first kappa shape index (κ1) is 15.2. The van der Waals surface area contributed by atoms with Gasteiger partial charge >= 0.3 is 0 Å². The lowest BCUT2D eigenvalue weighted by Gasteiger charge is -2.55. The SMILES string of the molecule is CC1(C)C(=NC2CCCCC2)OC12c1ccccc1-c1ccccc12. The first-order chi connectivity index (χ1) is 12.1. The highest BCUT2D eigenvalue weighted by molar-refractivity contribution is 5.96. The molecule has 0 bridgehead atoms. The molecule has 25 heavy (non-hydrogen) atoms. The zero-order valence-corrected chi connectivity index (χ0v) is 15.1. The summed E-state index contributed by atoms with van der Waals surface area (Å²) in [6, 6.07) is 17.9. The lowest BCUT2D eigenvalue weighted by molar-refractivity contribution is -0.0785. The molecule has 2 fully saturated rings. The van der Waals surface area contributed by atoms with E-state index in [2.05, 4.69) is 62.4 Å². The summed E-state index contributed by atoms with van der Waals surface area (Å²) in [5, 5.41) is 0. The van der Waals surface area contributed by atoms with E-state index in [-0.39, 0.29) is 11.0 Å². The van der Waals surface area contributed by atoms with Crippen LogP contribution in [0.2, 0.25) is 0 Å². The molecule has 1 spiro atoms. The van der Waals surface area contributed by atoms with E-state index in [0.717, 1.165) is 5.90 Å². The van der Waals surface area contributed by atoms with E-state index < -0.39 is 0 Å². The van der Waals surface area contributed by atoms with Gasteiger partial charge in [0.2, 0.25) is 0 Å². The highest BCUT2D eigenvalue weighted by Gasteiger charge is 2.66. The molecule has 2 heteroatoms. The molecule has 0 unspecified atom stereocenters. The van der Waals surface area contributed by atoms with Crippen LogP contribution in [0.4, 0.5) is 0 Å². The summed E-state index contributed by atoms with van der Waals surface area (Å²) >= 11 is 0. The van der Waals surface area contributed by atoms with E-state index in [0.29, 0.717) is 6.04 Å². The van der Waals surface area contributed by atoms with Crippen molar-refractivity contribution in [2.24, 2.45) is 10.4 Å². The largest absolute Gasteiger partial charge is 0.463 e. The minimum atomic E-state index is -0.381. The predicted octanol–water partition coefficient (Wildman–Crippen LogP) is 5.70. The number of aliphatic imine (C=N–C) groups is 1. The van der Waals surface area contributed by atoms with E-state index in [4.69, 9.17) is 9.73 Å². The van der Waals surface area contributed by atoms with Crippen LogP contribution in [0.3, 0.4) is 0 Å². The number of fused-ring (bicyclic) bond motifs is 5. The molecule has 2 nitrogen and oxygen atoms in total. The normalized spacial score (nSPS) is 24.5. The van der Waals surface area contributed by atoms with Gasteiger partial charge in [-0.05, 0) is 37.8 Å². The van der Waals surface area contributed by atoms with Crippen LogP contribution in [0.1, 0.15) is 57.1 Å². The van der Waals surface area contributed by atoms with Crippen molar-refractivity contribution in [2.75, 3.05) is 0 Å². The second kappa shape index (κ2) is 5.20. The summed E-state index contributed by atoms with van der Waals surface area (Å²) in [7, 11) is 0. The Morgan fingerprint density at radius 2 is 1.40 bits per heavy atom. The standard InChI is InChI=1S/C23H25NO/c1-22(2)21(24-16-10-4-3-5-11-16)25-23(22)19-14-8-6-12-17(19)18-13-7-9-15-20(18)23/h6-9,12-16H,3-5,10-11H2,1-2H3. The van der Waals surface area contributed by atoms with E-state index in [1.54, 1.807) is 0 Å². The molecule has 1 saturated heterocycles. The third kappa shape index (κ3) is 1.88. The Balaban J connectivity index is 1.62. The average molecular weight is 331 g/mol. The number of ether oxygens (including phenoxy) is 1. The van der Waals surface area contributed by atoms with Crippen LogP contribution >= 0.6 is 0 Å². The van der Waals surface area contributed by atoms with Gasteiger partial charge in [-0.1, -0.05) is 67.8 Å².